The van der Waals surface area contributed by atoms with E-state index in [1.165, 1.54) is 104 Å². The molecule has 0 saturated heterocycles. The molecule has 0 heteroatoms. The molecule has 260 valence electrons. The molecule has 54 heavy (non-hydrogen) atoms. The standard InChI is InChI=1S/C54H44/c1-3-15-33(16-4-1)49-35-19-7-11-23-39(35)51(40-24-12-8-20-36(40)49)53-27-43-46-30-54(31-47(43)45(29-53)48(32-54)44(46)28-53)52-41-25-13-9-21-37(41)50(34-17-5-2-6-18-34)38-22-10-14-26-42(38)52/h1-26,43-48H,27-32H2. The van der Waals surface area contributed by atoms with Crippen LogP contribution in [-0.2, 0) is 10.8 Å². The van der Waals surface area contributed by atoms with Gasteiger partial charge >= 0.3 is 0 Å². The Morgan fingerprint density at radius 1 is 0.259 bits per heavy atom. The van der Waals surface area contributed by atoms with Crippen molar-refractivity contribution >= 4 is 43.1 Å². The largest absolute Gasteiger partial charge is 0.0622 e. The maximum absolute atomic E-state index is 2.48. The lowest BCUT2D eigenvalue weighted by Crippen LogP contribution is -2.69. The number of hydrogen-bond donors (Lipinski definition) is 0. The van der Waals surface area contributed by atoms with E-state index in [9.17, 15) is 0 Å². The first-order chi connectivity index (χ1) is 26.7. The topological polar surface area (TPSA) is 0 Å². The van der Waals surface area contributed by atoms with Gasteiger partial charge in [0.2, 0.25) is 0 Å². The Bertz CT molecular complexity index is 2450. The molecule has 7 fully saturated rings. The molecule has 0 nitrogen and oxygen atoms in total. The zero-order valence-corrected chi connectivity index (χ0v) is 30.7. The Morgan fingerprint density at radius 2 is 0.481 bits per heavy atom. The summed E-state index contributed by atoms with van der Waals surface area (Å²) < 4.78 is 0. The average molecular weight is 693 g/mol. The van der Waals surface area contributed by atoms with Crippen molar-refractivity contribution in [3.05, 3.63) is 169 Å². The van der Waals surface area contributed by atoms with Gasteiger partial charge in [-0.25, -0.2) is 0 Å². The summed E-state index contributed by atoms with van der Waals surface area (Å²) in [6.45, 7) is 0. The fourth-order valence-electron chi connectivity index (χ4n) is 14.8. The van der Waals surface area contributed by atoms with E-state index in [0.29, 0.717) is 0 Å². The van der Waals surface area contributed by atoms with Crippen LogP contribution in [0.15, 0.2) is 158 Å². The molecule has 0 atom stereocenters. The van der Waals surface area contributed by atoms with Crippen LogP contribution in [0.2, 0.25) is 0 Å². The van der Waals surface area contributed by atoms with Crippen LogP contribution in [-0.4, -0.2) is 0 Å². The van der Waals surface area contributed by atoms with Crippen LogP contribution in [0.25, 0.3) is 65.3 Å². The van der Waals surface area contributed by atoms with Crippen LogP contribution >= 0.6 is 0 Å². The Morgan fingerprint density at radius 3 is 0.741 bits per heavy atom. The SMILES string of the molecule is c1ccc(-c2c3ccccc3c(C34CC5C6CC7(c8c9ccccc9c(-c9ccccc9)c9ccccc89)CC5C(C3)C(C7)C6C4)c3ccccc23)cc1. The molecule has 7 aliphatic carbocycles. The van der Waals surface area contributed by atoms with Gasteiger partial charge in [0.25, 0.3) is 0 Å². The van der Waals surface area contributed by atoms with Gasteiger partial charge < -0.3 is 0 Å². The first kappa shape index (κ1) is 30.2. The molecule has 15 rings (SSSR count). The number of benzene rings is 8. The summed E-state index contributed by atoms with van der Waals surface area (Å²) in [6.07, 6.45) is 8.28. The maximum atomic E-state index is 2.48. The van der Waals surface area contributed by atoms with E-state index in [2.05, 4.69) is 158 Å². The lowest BCUT2D eigenvalue weighted by atomic mass is 9.29. The molecule has 7 aliphatic rings. The van der Waals surface area contributed by atoms with Gasteiger partial charge in [-0.1, -0.05) is 158 Å². The molecule has 0 aliphatic heterocycles. The fraction of sp³-hybridized carbons (Fsp3) is 0.259. The summed E-state index contributed by atoms with van der Waals surface area (Å²) in [5, 5.41) is 11.8. The Kier molecular flexibility index (Phi) is 5.99. The lowest BCUT2D eigenvalue weighted by molar-refractivity contribution is -0.220. The van der Waals surface area contributed by atoms with Crippen molar-refractivity contribution < 1.29 is 0 Å². The first-order valence-electron chi connectivity index (χ1n) is 20.7. The van der Waals surface area contributed by atoms with E-state index in [4.69, 9.17) is 0 Å². The van der Waals surface area contributed by atoms with Gasteiger partial charge in [0.15, 0.2) is 0 Å². The Balaban J connectivity index is 0.972. The minimum Gasteiger partial charge on any atom is -0.0622 e. The van der Waals surface area contributed by atoms with E-state index in [1.807, 2.05) is 0 Å². The second-order valence-electron chi connectivity index (χ2n) is 18.2. The van der Waals surface area contributed by atoms with Gasteiger partial charge in [-0.05, 0) is 161 Å². The molecule has 8 aromatic rings. The molecule has 0 unspecified atom stereocenters. The van der Waals surface area contributed by atoms with E-state index < -0.39 is 0 Å². The monoisotopic (exact) mass is 692 g/mol. The van der Waals surface area contributed by atoms with Crippen LogP contribution in [0.3, 0.4) is 0 Å². The van der Waals surface area contributed by atoms with Crippen molar-refractivity contribution in [3.63, 3.8) is 0 Å². The van der Waals surface area contributed by atoms with Crippen molar-refractivity contribution in [2.45, 2.75) is 49.4 Å². The number of hydrogen-bond acceptors (Lipinski definition) is 0. The highest BCUT2D eigenvalue weighted by Gasteiger charge is 2.71. The Hall–Kier alpha value is -5.20. The van der Waals surface area contributed by atoms with Crippen molar-refractivity contribution in [2.75, 3.05) is 0 Å². The Labute approximate surface area is 317 Å². The molecule has 0 radical (unpaired) electrons. The third-order valence-electron chi connectivity index (χ3n) is 16.1. The number of rotatable bonds is 4. The molecule has 8 aromatic carbocycles. The molecule has 0 amide bonds. The highest BCUT2D eigenvalue weighted by atomic mass is 14.7. The smallest absolute Gasteiger partial charge is 0.00261 e. The highest BCUT2D eigenvalue weighted by molar-refractivity contribution is 6.17. The molecular weight excluding hydrogens is 649 g/mol. The maximum Gasteiger partial charge on any atom is -0.00261 e. The molecule has 7 saturated carbocycles. The third kappa shape index (κ3) is 3.80. The van der Waals surface area contributed by atoms with Crippen molar-refractivity contribution in [2.24, 2.45) is 35.5 Å². The van der Waals surface area contributed by atoms with Gasteiger partial charge in [0.05, 0.1) is 0 Å². The van der Waals surface area contributed by atoms with Gasteiger partial charge in [0, 0.05) is 0 Å². The molecule has 0 aromatic heterocycles. The van der Waals surface area contributed by atoms with Crippen LogP contribution < -0.4 is 0 Å². The molecule has 0 heterocycles. The molecular formula is C54H44. The predicted octanol–water partition coefficient (Wildman–Crippen LogP) is 13.9. The van der Waals surface area contributed by atoms with Crippen LogP contribution in [0.5, 0.6) is 0 Å². The molecule has 8 bridgehead atoms. The molecule has 0 N–H and O–H groups in total. The van der Waals surface area contributed by atoms with E-state index >= 15 is 0 Å². The van der Waals surface area contributed by atoms with Crippen molar-refractivity contribution in [1.82, 2.24) is 0 Å². The second-order valence-corrected chi connectivity index (χ2v) is 18.2. The summed E-state index contributed by atoms with van der Waals surface area (Å²) in [7, 11) is 0. The summed E-state index contributed by atoms with van der Waals surface area (Å²) in [5.74, 6) is 5.08. The third-order valence-corrected chi connectivity index (χ3v) is 16.1. The zero-order valence-electron chi connectivity index (χ0n) is 30.7. The highest BCUT2D eigenvalue weighted by Crippen LogP contribution is 2.78. The van der Waals surface area contributed by atoms with Gasteiger partial charge in [-0.2, -0.15) is 0 Å². The van der Waals surface area contributed by atoms with Crippen molar-refractivity contribution in [3.8, 4) is 22.3 Å². The zero-order chi connectivity index (χ0) is 35.2. The fourth-order valence-corrected chi connectivity index (χ4v) is 14.8. The summed E-state index contributed by atoms with van der Waals surface area (Å²) in [4.78, 5) is 0. The average Bonchev–Trinajstić information content (AvgIpc) is 3.23. The first-order valence-corrected chi connectivity index (χ1v) is 20.7. The van der Waals surface area contributed by atoms with Gasteiger partial charge in [-0.3, -0.25) is 0 Å². The normalized spacial score (nSPS) is 30.3. The van der Waals surface area contributed by atoms with Gasteiger partial charge in [-0.15, -0.1) is 0 Å². The van der Waals surface area contributed by atoms with Crippen LogP contribution in [0.4, 0.5) is 0 Å². The minimum atomic E-state index is 0.270. The van der Waals surface area contributed by atoms with Crippen LogP contribution in [0.1, 0.15) is 49.7 Å². The minimum absolute atomic E-state index is 0.270. The van der Waals surface area contributed by atoms with E-state index in [-0.39, 0.29) is 10.8 Å². The van der Waals surface area contributed by atoms with E-state index in [0.717, 1.165) is 35.5 Å². The lowest BCUT2D eigenvalue weighted by Gasteiger charge is -2.75. The second kappa shape index (κ2) is 10.7. The summed E-state index contributed by atoms with van der Waals surface area (Å²) in [5.41, 5.74) is 9.42. The van der Waals surface area contributed by atoms with Crippen LogP contribution in [0, 0.1) is 35.5 Å². The predicted molar refractivity (Wildman–Crippen MR) is 226 cm³/mol. The summed E-state index contributed by atoms with van der Waals surface area (Å²) in [6, 6.07) is 60.2. The van der Waals surface area contributed by atoms with E-state index in [1.54, 1.807) is 11.1 Å². The molecule has 0 spiro atoms. The summed E-state index contributed by atoms with van der Waals surface area (Å²) >= 11 is 0. The quantitative estimate of drug-likeness (QED) is 0.161. The van der Waals surface area contributed by atoms with Gasteiger partial charge in [0.1, 0.15) is 0 Å². The van der Waals surface area contributed by atoms with Crippen molar-refractivity contribution in [1.29, 1.82) is 0 Å². The number of fused-ring (bicyclic) bond motifs is 4.